The van der Waals surface area contributed by atoms with Crippen LogP contribution in [0.4, 0.5) is 5.82 Å². The fourth-order valence-corrected chi connectivity index (χ4v) is 5.08. The van der Waals surface area contributed by atoms with E-state index in [0.29, 0.717) is 26.2 Å². The Kier molecular flexibility index (Phi) is 8.39. The van der Waals surface area contributed by atoms with E-state index in [9.17, 15) is 9.59 Å². The van der Waals surface area contributed by atoms with Crippen LogP contribution in [-0.2, 0) is 20.9 Å². The van der Waals surface area contributed by atoms with Crippen molar-refractivity contribution in [1.82, 2.24) is 14.8 Å². The van der Waals surface area contributed by atoms with Gasteiger partial charge in [-0.25, -0.2) is 4.98 Å². The summed E-state index contributed by atoms with van der Waals surface area (Å²) >= 11 is 0. The molecule has 1 aliphatic heterocycles. The summed E-state index contributed by atoms with van der Waals surface area (Å²) in [6.07, 6.45) is 8.03. The topological polar surface area (TPSA) is 66.0 Å². The third kappa shape index (κ3) is 6.40. The molecule has 2 heterocycles. The van der Waals surface area contributed by atoms with E-state index in [2.05, 4.69) is 42.2 Å². The highest BCUT2D eigenvalue weighted by Gasteiger charge is 2.24. The molecule has 1 aromatic heterocycles. The number of anilines is 1. The predicted molar refractivity (Wildman–Crippen MR) is 139 cm³/mol. The average molecular weight is 479 g/mol. The highest BCUT2D eigenvalue weighted by atomic mass is 16.5. The lowest BCUT2D eigenvalue weighted by Crippen LogP contribution is -2.48. The van der Waals surface area contributed by atoms with Gasteiger partial charge in [-0.05, 0) is 57.2 Å². The van der Waals surface area contributed by atoms with Gasteiger partial charge in [-0.15, -0.1) is 0 Å². The molecule has 0 saturated carbocycles. The van der Waals surface area contributed by atoms with Crippen LogP contribution < -0.4 is 4.90 Å². The van der Waals surface area contributed by atoms with Crippen LogP contribution in [0.3, 0.4) is 0 Å². The number of carbonyl (C=O) groups is 2. The Morgan fingerprint density at radius 2 is 1.91 bits per heavy atom. The number of rotatable bonds is 8. The highest BCUT2D eigenvalue weighted by molar-refractivity contribution is 5.83. The molecule has 2 amide bonds. The van der Waals surface area contributed by atoms with E-state index >= 15 is 0 Å². The van der Waals surface area contributed by atoms with Crippen LogP contribution in [0.25, 0.3) is 10.9 Å². The number of aryl methyl sites for hydroxylation is 1. The molecule has 2 aliphatic rings. The van der Waals surface area contributed by atoms with Gasteiger partial charge in [0.15, 0.2) is 0 Å². The number of allylic oxidation sites excluding steroid dienone is 1. The van der Waals surface area contributed by atoms with Gasteiger partial charge in [0, 0.05) is 64.3 Å². The number of hydrogen-bond donors (Lipinski definition) is 0. The average Bonchev–Trinajstić information content (AvgIpc) is 2.86. The number of ether oxygens (including phenoxy) is 1. The summed E-state index contributed by atoms with van der Waals surface area (Å²) in [4.78, 5) is 36.0. The molecule has 1 aliphatic carbocycles. The molecule has 0 radical (unpaired) electrons. The Hall–Kier alpha value is -2.93. The first kappa shape index (κ1) is 25.2. The second kappa shape index (κ2) is 11.7. The summed E-state index contributed by atoms with van der Waals surface area (Å²) in [5.41, 5.74) is 4.64. The maximum Gasteiger partial charge on any atom is 0.248 e. The van der Waals surface area contributed by atoms with Crippen LogP contribution in [0.1, 0.15) is 50.2 Å². The van der Waals surface area contributed by atoms with Gasteiger partial charge >= 0.3 is 0 Å². The monoisotopic (exact) mass is 478 g/mol. The van der Waals surface area contributed by atoms with Crippen molar-refractivity contribution in [1.29, 1.82) is 0 Å². The molecule has 0 spiro atoms. The molecule has 0 bridgehead atoms. The van der Waals surface area contributed by atoms with E-state index in [4.69, 9.17) is 9.72 Å². The quantitative estimate of drug-likeness (QED) is 0.535. The van der Waals surface area contributed by atoms with Crippen LogP contribution in [0.2, 0.25) is 0 Å². The molecular formula is C28H38N4O3. The normalized spacial score (nSPS) is 16.4. The van der Waals surface area contributed by atoms with Gasteiger partial charge in [-0.2, -0.15) is 0 Å². The van der Waals surface area contributed by atoms with Crippen molar-refractivity contribution in [2.75, 3.05) is 51.3 Å². The van der Waals surface area contributed by atoms with Gasteiger partial charge in [0.25, 0.3) is 0 Å². The number of carbonyl (C=O) groups excluding carboxylic acids is 2. The number of hydrogen-bond acceptors (Lipinski definition) is 5. The molecule has 7 nitrogen and oxygen atoms in total. The van der Waals surface area contributed by atoms with Crippen LogP contribution in [-0.4, -0.2) is 73.0 Å². The number of aromatic nitrogens is 1. The van der Waals surface area contributed by atoms with Crippen molar-refractivity contribution in [3.63, 3.8) is 0 Å². The van der Waals surface area contributed by atoms with Gasteiger partial charge in [0.1, 0.15) is 12.4 Å². The minimum Gasteiger partial charge on any atom is -0.375 e. The zero-order chi connectivity index (χ0) is 24.8. The molecule has 0 atom stereocenters. The van der Waals surface area contributed by atoms with Gasteiger partial charge in [0.2, 0.25) is 11.8 Å². The number of amides is 2. The van der Waals surface area contributed by atoms with Gasteiger partial charge in [0.05, 0.1) is 5.52 Å². The first-order chi connectivity index (χ1) is 16.9. The summed E-state index contributed by atoms with van der Waals surface area (Å²) in [7, 11) is 1.57. The van der Waals surface area contributed by atoms with Crippen LogP contribution in [0.15, 0.2) is 35.9 Å². The maximum atomic E-state index is 13.0. The zero-order valence-electron chi connectivity index (χ0n) is 21.4. The van der Waals surface area contributed by atoms with Crippen molar-refractivity contribution in [2.45, 2.75) is 52.5 Å². The van der Waals surface area contributed by atoms with E-state index in [1.165, 1.54) is 24.0 Å². The molecule has 4 rings (SSSR count). The van der Waals surface area contributed by atoms with Crippen molar-refractivity contribution in [3.05, 3.63) is 47.0 Å². The highest BCUT2D eigenvalue weighted by Crippen LogP contribution is 2.28. The molecule has 1 fully saturated rings. The number of nitrogens with zero attached hydrogens (tertiary/aromatic N) is 4. The fourth-order valence-electron chi connectivity index (χ4n) is 5.08. The zero-order valence-corrected chi connectivity index (χ0v) is 21.4. The minimum absolute atomic E-state index is 0.000553. The van der Waals surface area contributed by atoms with Crippen molar-refractivity contribution < 1.29 is 14.3 Å². The third-order valence-corrected chi connectivity index (χ3v) is 7.12. The number of pyridine rings is 1. The molecule has 7 heteroatoms. The summed E-state index contributed by atoms with van der Waals surface area (Å²) in [6, 6.07) is 8.48. The standard InChI is InChI=1S/C28H38N4O3/c1-21-9-10-26-24(17-21)18-25(28(29-26)31-15-13-30(14-16-31)22(2)33)19-32(27(34)20-35-3)12-11-23-7-5-4-6-8-23/h7,9-10,17-18H,4-6,8,11-16,19-20H2,1-3H3. The first-order valence-electron chi connectivity index (χ1n) is 12.8. The largest absolute Gasteiger partial charge is 0.375 e. The van der Waals surface area contributed by atoms with Crippen molar-refractivity contribution in [3.8, 4) is 0 Å². The Labute approximate surface area is 208 Å². The number of piperazine rings is 1. The van der Waals surface area contributed by atoms with Crippen LogP contribution in [0, 0.1) is 6.92 Å². The summed E-state index contributed by atoms with van der Waals surface area (Å²) in [6.45, 7) is 7.79. The lowest BCUT2D eigenvalue weighted by atomic mass is 9.97. The van der Waals surface area contributed by atoms with E-state index < -0.39 is 0 Å². The molecule has 188 valence electrons. The number of fused-ring (bicyclic) bond motifs is 1. The second-order valence-electron chi connectivity index (χ2n) is 9.77. The molecular weight excluding hydrogens is 440 g/mol. The summed E-state index contributed by atoms with van der Waals surface area (Å²) in [5, 5.41) is 1.08. The lowest BCUT2D eigenvalue weighted by Gasteiger charge is -2.36. The molecule has 1 saturated heterocycles. The second-order valence-corrected chi connectivity index (χ2v) is 9.77. The summed E-state index contributed by atoms with van der Waals surface area (Å²) < 4.78 is 5.21. The van der Waals surface area contributed by atoms with E-state index in [-0.39, 0.29) is 18.4 Å². The molecule has 0 unspecified atom stereocenters. The van der Waals surface area contributed by atoms with Crippen LogP contribution >= 0.6 is 0 Å². The van der Waals surface area contributed by atoms with Crippen LogP contribution in [0.5, 0.6) is 0 Å². The first-order valence-corrected chi connectivity index (χ1v) is 12.8. The Balaban J connectivity index is 1.63. The molecule has 0 N–H and O–H groups in total. The number of benzene rings is 1. The van der Waals surface area contributed by atoms with Gasteiger partial charge in [-0.3, -0.25) is 9.59 Å². The Morgan fingerprint density at radius 1 is 1.11 bits per heavy atom. The van der Waals surface area contributed by atoms with E-state index in [1.807, 2.05) is 9.80 Å². The Morgan fingerprint density at radius 3 is 2.60 bits per heavy atom. The Bertz CT molecular complexity index is 1090. The SMILES string of the molecule is COCC(=O)N(CCC1=CCCCC1)Cc1cc2cc(C)ccc2nc1N1CCN(C(C)=O)CC1. The van der Waals surface area contributed by atoms with E-state index in [0.717, 1.165) is 54.6 Å². The number of methoxy groups -OCH3 is 1. The molecule has 1 aromatic carbocycles. The van der Waals surface area contributed by atoms with E-state index in [1.54, 1.807) is 14.0 Å². The van der Waals surface area contributed by atoms with Crippen molar-refractivity contribution >= 4 is 28.5 Å². The third-order valence-electron chi connectivity index (χ3n) is 7.12. The van der Waals surface area contributed by atoms with Crippen molar-refractivity contribution in [2.24, 2.45) is 0 Å². The lowest BCUT2D eigenvalue weighted by molar-refractivity contribution is -0.135. The van der Waals surface area contributed by atoms with Gasteiger partial charge in [-0.1, -0.05) is 23.3 Å². The fraction of sp³-hybridized carbons (Fsp3) is 0.536. The summed E-state index contributed by atoms with van der Waals surface area (Å²) in [5.74, 6) is 1.03. The molecule has 35 heavy (non-hydrogen) atoms. The van der Waals surface area contributed by atoms with Gasteiger partial charge < -0.3 is 19.4 Å². The maximum absolute atomic E-state index is 13.0. The molecule has 2 aromatic rings. The minimum atomic E-state index is 0.000553. The smallest absolute Gasteiger partial charge is 0.248 e. The predicted octanol–water partition coefficient (Wildman–Crippen LogP) is 4.08.